The van der Waals surface area contributed by atoms with Gasteiger partial charge in [0.2, 0.25) is 0 Å². The van der Waals surface area contributed by atoms with E-state index < -0.39 is 6.10 Å². The minimum Gasteiger partial charge on any atom is -0.391 e. The van der Waals surface area contributed by atoms with Crippen LogP contribution < -0.4 is 5.32 Å². The molecular weight excluding hydrogens is 256 g/mol. The van der Waals surface area contributed by atoms with Gasteiger partial charge in [-0.1, -0.05) is 11.6 Å². The van der Waals surface area contributed by atoms with Gasteiger partial charge in [-0.15, -0.1) is 0 Å². The zero-order chi connectivity index (χ0) is 13.5. The topological polar surface area (TPSA) is 63.5 Å². The zero-order valence-corrected chi connectivity index (χ0v) is 11.4. The Kier molecular flexibility index (Phi) is 6.18. The Labute approximate surface area is 112 Å². The van der Waals surface area contributed by atoms with Crippen LogP contribution in [0.4, 0.5) is 0 Å². The van der Waals surface area contributed by atoms with Gasteiger partial charge in [0.25, 0.3) is 5.91 Å². The first-order valence-corrected chi connectivity index (χ1v) is 6.27. The van der Waals surface area contributed by atoms with E-state index in [1.165, 1.54) is 7.11 Å². The lowest BCUT2D eigenvalue weighted by Crippen LogP contribution is -2.29. The van der Waals surface area contributed by atoms with Gasteiger partial charge < -0.3 is 19.7 Å². The number of carbonyl (C=O) groups is 1. The van der Waals surface area contributed by atoms with Crippen molar-refractivity contribution in [2.45, 2.75) is 26.0 Å². The number of aryl methyl sites for hydroxylation is 1. The van der Waals surface area contributed by atoms with E-state index in [0.717, 1.165) is 0 Å². The van der Waals surface area contributed by atoms with Gasteiger partial charge in [0, 0.05) is 26.4 Å². The van der Waals surface area contributed by atoms with E-state index in [1.54, 1.807) is 16.8 Å². The van der Waals surface area contributed by atoms with E-state index >= 15 is 0 Å². The summed E-state index contributed by atoms with van der Waals surface area (Å²) >= 11 is 5.86. The van der Waals surface area contributed by atoms with Crippen molar-refractivity contribution in [3.05, 3.63) is 23.0 Å². The molecule has 0 fully saturated rings. The van der Waals surface area contributed by atoms with E-state index in [9.17, 15) is 9.90 Å². The summed E-state index contributed by atoms with van der Waals surface area (Å²) < 4.78 is 6.58. The molecule has 1 aromatic heterocycles. The minimum absolute atomic E-state index is 0.187. The maximum atomic E-state index is 11.9. The van der Waals surface area contributed by atoms with Crippen molar-refractivity contribution in [2.24, 2.45) is 0 Å². The number of nitrogens with zero attached hydrogens (tertiary/aromatic N) is 1. The lowest BCUT2D eigenvalue weighted by molar-refractivity contribution is 0.0587. The largest absolute Gasteiger partial charge is 0.391 e. The molecule has 1 rings (SSSR count). The number of hydrogen-bond donors (Lipinski definition) is 2. The third-order valence-corrected chi connectivity index (χ3v) is 2.77. The molecule has 1 aromatic rings. The van der Waals surface area contributed by atoms with Crippen molar-refractivity contribution < 1.29 is 14.6 Å². The second kappa shape index (κ2) is 7.41. The molecule has 2 N–H and O–H groups in total. The molecule has 0 aliphatic carbocycles. The molecule has 0 spiro atoms. The van der Waals surface area contributed by atoms with Crippen LogP contribution in [0.1, 0.15) is 23.8 Å². The number of nitrogens with one attached hydrogen (secondary N) is 1. The van der Waals surface area contributed by atoms with Gasteiger partial charge in [-0.2, -0.15) is 0 Å². The van der Waals surface area contributed by atoms with E-state index in [2.05, 4.69) is 5.32 Å². The van der Waals surface area contributed by atoms with Gasteiger partial charge in [-0.25, -0.2) is 0 Å². The maximum Gasteiger partial charge on any atom is 0.267 e. The highest BCUT2D eigenvalue weighted by Crippen LogP contribution is 2.13. The number of aliphatic hydroxyl groups is 1. The molecule has 0 aliphatic rings. The van der Waals surface area contributed by atoms with Gasteiger partial charge in [0.15, 0.2) is 0 Å². The van der Waals surface area contributed by atoms with Crippen molar-refractivity contribution in [1.29, 1.82) is 0 Å². The molecule has 5 nitrogen and oxygen atoms in total. The lowest BCUT2D eigenvalue weighted by Gasteiger charge is -2.11. The van der Waals surface area contributed by atoms with Gasteiger partial charge in [0.05, 0.1) is 17.7 Å². The number of aliphatic hydroxyl groups excluding tert-OH is 1. The molecule has 1 heterocycles. The molecule has 0 aliphatic heterocycles. The Morgan fingerprint density at radius 2 is 2.39 bits per heavy atom. The highest BCUT2D eigenvalue weighted by molar-refractivity contribution is 6.31. The van der Waals surface area contributed by atoms with Crippen LogP contribution in [0.25, 0.3) is 0 Å². The molecule has 0 radical (unpaired) electrons. The lowest BCUT2D eigenvalue weighted by atomic mass is 10.2. The Morgan fingerprint density at radius 1 is 1.67 bits per heavy atom. The third kappa shape index (κ3) is 4.33. The fraction of sp³-hybridized carbons (Fsp3) is 0.583. The Bertz CT molecular complexity index is 393. The Morgan fingerprint density at radius 3 is 3.00 bits per heavy atom. The number of aromatic nitrogens is 1. The number of methoxy groups -OCH3 is 1. The number of halogens is 1. The SMILES string of the molecule is CCn1cc(Cl)cc1C(=O)NCCC(O)COC. The predicted octanol–water partition coefficient (Wildman–Crippen LogP) is 1.29. The van der Waals surface area contributed by atoms with Crippen LogP contribution in [-0.4, -0.2) is 41.9 Å². The molecular formula is C12H19ClN2O3. The Hall–Kier alpha value is -1.04. The van der Waals surface area contributed by atoms with Gasteiger partial charge in [0.1, 0.15) is 5.69 Å². The first-order chi connectivity index (χ1) is 8.58. The van der Waals surface area contributed by atoms with Gasteiger partial charge >= 0.3 is 0 Å². The van der Waals surface area contributed by atoms with E-state index in [4.69, 9.17) is 16.3 Å². The fourth-order valence-electron chi connectivity index (χ4n) is 1.65. The highest BCUT2D eigenvalue weighted by atomic mass is 35.5. The van der Waals surface area contributed by atoms with Gasteiger partial charge in [-0.3, -0.25) is 4.79 Å². The molecule has 6 heteroatoms. The first-order valence-electron chi connectivity index (χ1n) is 5.89. The van der Waals surface area contributed by atoms with Crippen LogP contribution in [0.3, 0.4) is 0 Å². The van der Waals surface area contributed by atoms with Crippen LogP contribution in [-0.2, 0) is 11.3 Å². The van der Waals surface area contributed by atoms with Crippen molar-refractivity contribution >= 4 is 17.5 Å². The summed E-state index contributed by atoms with van der Waals surface area (Å²) in [7, 11) is 1.53. The smallest absolute Gasteiger partial charge is 0.267 e. The summed E-state index contributed by atoms with van der Waals surface area (Å²) in [4.78, 5) is 11.9. The standard InChI is InChI=1S/C12H19ClN2O3/c1-3-15-7-9(13)6-11(15)12(17)14-5-4-10(16)8-18-2/h6-7,10,16H,3-5,8H2,1-2H3,(H,14,17). The summed E-state index contributed by atoms with van der Waals surface area (Å²) in [5.74, 6) is -0.187. The maximum absolute atomic E-state index is 11.9. The van der Waals surface area contributed by atoms with Crippen molar-refractivity contribution in [3.63, 3.8) is 0 Å². The van der Waals surface area contributed by atoms with Gasteiger partial charge in [-0.05, 0) is 19.4 Å². The quantitative estimate of drug-likeness (QED) is 0.787. The average Bonchev–Trinajstić information content (AvgIpc) is 2.70. The molecule has 0 saturated heterocycles. The van der Waals surface area contributed by atoms with Crippen LogP contribution in [0.2, 0.25) is 5.02 Å². The second-order valence-corrected chi connectivity index (χ2v) is 4.42. The van der Waals surface area contributed by atoms with Crippen LogP contribution in [0.5, 0.6) is 0 Å². The molecule has 1 unspecified atom stereocenters. The molecule has 0 bridgehead atoms. The van der Waals surface area contributed by atoms with Crippen molar-refractivity contribution in [2.75, 3.05) is 20.3 Å². The summed E-state index contributed by atoms with van der Waals surface area (Å²) in [5, 5.41) is 12.7. The summed E-state index contributed by atoms with van der Waals surface area (Å²) in [6.07, 6.45) is 1.62. The second-order valence-electron chi connectivity index (χ2n) is 3.98. The molecule has 18 heavy (non-hydrogen) atoms. The Balaban J connectivity index is 2.45. The van der Waals surface area contributed by atoms with E-state index in [-0.39, 0.29) is 12.5 Å². The van der Waals surface area contributed by atoms with E-state index in [0.29, 0.717) is 30.2 Å². The number of ether oxygens (including phenoxy) is 1. The first kappa shape index (κ1) is 15.0. The average molecular weight is 275 g/mol. The highest BCUT2D eigenvalue weighted by Gasteiger charge is 2.12. The number of carbonyl (C=O) groups excluding carboxylic acids is 1. The van der Waals surface area contributed by atoms with Crippen LogP contribution >= 0.6 is 11.6 Å². The molecule has 1 atom stereocenters. The predicted molar refractivity (Wildman–Crippen MR) is 69.9 cm³/mol. The summed E-state index contributed by atoms with van der Waals surface area (Å²) in [5.41, 5.74) is 0.531. The minimum atomic E-state index is -0.558. The molecule has 1 amide bonds. The zero-order valence-electron chi connectivity index (χ0n) is 10.6. The number of rotatable bonds is 7. The summed E-state index contributed by atoms with van der Waals surface area (Å²) in [6.45, 7) is 3.29. The summed E-state index contributed by atoms with van der Waals surface area (Å²) in [6, 6.07) is 1.63. The number of hydrogen-bond acceptors (Lipinski definition) is 3. The molecule has 0 saturated carbocycles. The van der Waals surface area contributed by atoms with E-state index in [1.807, 2.05) is 6.92 Å². The molecule has 0 aromatic carbocycles. The van der Waals surface area contributed by atoms with Crippen molar-refractivity contribution in [1.82, 2.24) is 9.88 Å². The van der Waals surface area contributed by atoms with Crippen molar-refractivity contribution in [3.8, 4) is 0 Å². The van der Waals surface area contributed by atoms with Crippen LogP contribution in [0, 0.1) is 0 Å². The fourth-order valence-corrected chi connectivity index (χ4v) is 1.87. The molecule has 102 valence electrons. The number of amides is 1. The van der Waals surface area contributed by atoms with Crippen LogP contribution in [0.15, 0.2) is 12.3 Å². The monoisotopic (exact) mass is 274 g/mol. The third-order valence-electron chi connectivity index (χ3n) is 2.56. The normalized spacial score (nSPS) is 12.4.